The predicted molar refractivity (Wildman–Crippen MR) is 66.6 cm³/mol. The molecule has 4 nitrogen and oxygen atoms in total. The van der Waals surface area contributed by atoms with Gasteiger partial charge in [-0.3, -0.25) is 4.79 Å². The number of nitrogens with one attached hydrogen (secondary N) is 1. The summed E-state index contributed by atoms with van der Waals surface area (Å²) < 4.78 is 0. The van der Waals surface area contributed by atoms with E-state index in [1.54, 1.807) is 24.3 Å². The second kappa shape index (κ2) is 4.04. The molecule has 0 bridgehead atoms. The highest BCUT2D eigenvalue weighted by Crippen LogP contribution is 2.29. The van der Waals surface area contributed by atoms with E-state index in [-0.39, 0.29) is 23.1 Å². The van der Waals surface area contributed by atoms with Gasteiger partial charge in [0.25, 0.3) is 0 Å². The van der Waals surface area contributed by atoms with Crippen LogP contribution in [0, 0.1) is 5.41 Å². The molecule has 1 atom stereocenters. The number of anilines is 1. The summed E-state index contributed by atoms with van der Waals surface area (Å²) in [5, 5.41) is 10.9. The average Bonchev–Trinajstić information content (AvgIpc) is 2.60. The summed E-state index contributed by atoms with van der Waals surface area (Å²) in [7, 11) is 0. The summed E-state index contributed by atoms with van der Waals surface area (Å²) in [5.41, 5.74) is 3.91. The Morgan fingerprint density at radius 2 is 2.12 bits per heavy atom. The van der Waals surface area contributed by atoms with Crippen LogP contribution in [0.2, 0.25) is 0 Å². The number of nitrogens with zero attached hydrogens (tertiary/aromatic N) is 1. The number of carbonyl (C=O) groups is 1. The van der Waals surface area contributed by atoms with E-state index in [4.69, 9.17) is 0 Å². The van der Waals surface area contributed by atoms with Crippen molar-refractivity contribution < 1.29 is 9.90 Å². The van der Waals surface area contributed by atoms with Gasteiger partial charge in [0.05, 0.1) is 5.69 Å². The number of amides is 1. The zero-order valence-electron chi connectivity index (χ0n) is 10.4. The normalized spacial score (nSPS) is 21.0. The smallest absolute Gasteiger partial charge is 0.243 e. The molecule has 1 amide bonds. The van der Waals surface area contributed by atoms with E-state index in [0.717, 1.165) is 0 Å². The maximum Gasteiger partial charge on any atom is 0.243 e. The number of phenolic OH excluding ortho intramolecular Hbond substituents is 1. The summed E-state index contributed by atoms with van der Waals surface area (Å²) in [6.45, 7) is 6.30. The van der Waals surface area contributed by atoms with Crippen LogP contribution in [0.25, 0.3) is 0 Å². The van der Waals surface area contributed by atoms with Crippen LogP contribution < -0.4 is 10.4 Å². The third-order valence-electron chi connectivity index (χ3n) is 3.05. The van der Waals surface area contributed by atoms with Gasteiger partial charge in [0.2, 0.25) is 5.91 Å². The molecule has 0 spiro atoms. The molecule has 92 valence electrons. The van der Waals surface area contributed by atoms with Gasteiger partial charge in [-0.05, 0) is 17.5 Å². The first-order chi connectivity index (χ1) is 7.88. The second-order valence-electron chi connectivity index (χ2n) is 5.50. The van der Waals surface area contributed by atoms with Gasteiger partial charge < -0.3 is 5.11 Å². The van der Waals surface area contributed by atoms with Crippen LogP contribution in [-0.2, 0) is 4.79 Å². The Morgan fingerprint density at radius 3 is 2.65 bits per heavy atom. The van der Waals surface area contributed by atoms with Gasteiger partial charge in [0.1, 0.15) is 5.75 Å². The molecule has 0 aromatic heterocycles. The molecule has 0 saturated carbocycles. The number of hydrogen-bond acceptors (Lipinski definition) is 3. The zero-order chi connectivity index (χ0) is 12.6. The van der Waals surface area contributed by atoms with E-state index in [9.17, 15) is 9.90 Å². The summed E-state index contributed by atoms with van der Waals surface area (Å²) in [4.78, 5) is 11.9. The lowest BCUT2D eigenvalue weighted by molar-refractivity contribution is -0.117. The molecular formula is C13H18N2O2. The summed E-state index contributed by atoms with van der Waals surface area (Å²) in [6.07, 6.45) is 0.485. The summed E-state index contributed by atoms with van der Waals surface area (Å²) in [6, 6.07) is 6.82. The molecule has 2 N–H and O–H groups in total. The molecule has 1 fully saturated rings. The molecule has 4 heteroatoms. The molecule has 0 aliphatic carbocycles. The van der Waals surface area contributed by atoms with Gasteiger partial charge in [-0.2, -0.15) is 0 Å². The van der Waals surface area contributed by atoms with E-state index >= 15 is 0 Å². The minimum absolute atomic E-state index is 0.0290. The lowest BCUT2D eigenvalue weighted by atomic mass is 9.86. The Balaban J connectivity index is 2.22. The fourth-order valence-corrected chi connectivity index (χ4v) is 1.89. The first kappa shape index (κ1) is 11.9. The van der Waals surface area contributed by atoms with E-state index < -0.39 is 0 Å². The first-order valence-corrected chi connectivity index (χ1v) is 5.76. The van der Waals surface area contributed by atoms with Crippen LogP contribution in [0.15, 0.2) is 24.3 Å². The lowest BCUT2D eigenvalue weighted by Crippen LogP contribution is -2.42. The Kier molecular flexibility index (Phi) is 2.83. The van der Waals surface area contributed by atoms with Crippen molar-refractivity contribution in [3.63, 3.8) is 0 Å². The summed E-state index contributed by atoms with van der Waals surface area (Å²) in [5.74, 6) is 0.201. The van der Waals surface area contributed by atoms with Crippen molar-refractivity contribution in [3.05, 3.63) is 24.3 Å². The number of hydrogen-bond donors (Lipinski definition) is 2. The minimum Gasteiger partial charge on any atom is -0.508 e. The van der Waals surface area contributed by atoms with Gasteiger partial charge in [0.15, 0.2) is 0 Å². The SMILES string of the molecule is CC(C)(C)C1CC(=O)N(c2cccc(O)c2)N1. The van der Waals surface area contributed by atoms with Gasteiger partial charge >= 0.3 is 0 Å². The highest BCUT2D eigenvalue weighted by atomic mass is 16.3. The van der Waals surface area contributed by atoms with Crippen molar-refractivity contribution in [1.82, 2.24) is 5.43 Å². The Bertz CT molecular complexity index is 437. The van der Waals surface area contributed by atoms with Crippen molar-refractivity contribution in [1.29, 1.82) is 0 Å². The number of benzene rings is 1. The number of aromatic hydroxyl groups is 1. The molecule has 1 aromatic carbocycles. The van der Waals surface area contributed by atoms with Gasteiger partial charge in [-0.15, -0.1) is 0 Å². The van der Waals surface area contributed by atoms with Crippen LogP contribution in [-0.4, -0.2) is 17.1 Å². The van der Waals surface area contributed by atoms with Crippen molar-refractivity contribution in [2.75, 3.05) is 5.01 Å². The van der Waals surface area contributed by atoms with E-state index in [1.807, 2.05) is 0 Å². The first-order valence-electron chi connectivity index (χ1n) is 5.76. The Morgan fingerprint density at radius 1 is 1.41 bits per heavy atom. The molecule has 1 aliphatic rings. The number of phenols is 1. The standard InChI is InChI=1S/C13H18N2O2/c1-13(2,3)11-8-12(17)15(14-11)9-5-4-6-10(16)7-9/h4-7,11,14,16H,8H2,1-3H3. The largest absolute Gasteiger partial charge is 0.508 e. The molecule has 1 unspecified atom stereocenters. The molecule has 17 heavy (non-hydrogen) atoms. The van der Waals surface area contributed by atoms with E-state index in [1.165, 1.54) is 5.01 Å². The molecule has 1 aromatic rings. The molecule has 1 heterocycles. The van der Waals surface area contributed by atoms with Gasteiger partial charge in [0, 0.05) is 18.5 Å². The van der Waals surface area contributed by atoms with Crippen LogP contribution in [0.3, 0.4) is 0 Å². The average molecular weight is 234 g/mol. The predicted octanol–water partition coefficient (Wildman–Crippen LogP) is 2.05. The molecule has 2 rings (SSSR count). The topological polar surface area (TPSA) is 52.6 Å². The maximum atomic E-state index is 11.9. The maximum absolute atomic E-state index is 11.9. The molecule has 0 radical (unpaired) electrons. The van der Waals surface area contributed by atoms with Crippen LogP contribution in [0.5, 0.6) is 5.75 Å². The van der Waals surface area contributed by atoms with Gasteiger partial charge in [-0.1, -0.05) is 26.8 Å². The summed E-state index contributed by atoms with van der Waals surface area (Å²) >= 11 is 0. The third kappa shape index (κ3) is 2.42. The van der Waals surface area contributed by atoms with Crippen LogP contribution in [0.1, 0.15) is 27.2 Å². The number of rotatable bonds is 1. The third-order valence-corrected chi connectivity index (χ3v) is 3.05. The number of carbonyl (C=O) groups excluding carboxylic acids is 1. The van der Waals surface area contributed by atoms with Crippen molar-refractivity contribution >= 4 is 11.6 Å². The quantitative estimate of drug-likeness (QED) is 0.782. The lowest BCUT2D eigenvalue weighted by Gasteiger charge is -2.27. The molecule has 1 saturated heterocycles. The monoisotopic (exact) mass is 234 g/mol. The number of hydrazine groups is 1. The minimum atomic E-state index is 0.0290. The molecule has 1 aliphatic heterocycles. The van der Waals surface area contributed by atoms with Gasteiger partial charge in [-0.25, -0.2) is 10.4 Å². The highest BCUT2D eigenvalue weighted by Gasteiger charge is 2.37. The fourth-order valence-electron chi connectivity index (χ4n) is 1.89. The van der Waals surface area contributed by atoms with Crippen LogP contribution in [0.4, 0.5) is 5.69 Å². The van der Waals surface area contributed by atoms with Crippen molar-refractivity contribution in [3.8, 4) is 5.75 Å². The zero-order valence-corrected chi connectivity index (χ0v) is 10.4. The fraction of sp³-hybridized carbons (Fsp3) is 0.462. The van der Waals surface area contributed by atoms with E-state index in [0.29, 0.717) is 12.1 Å². The highest BCUT2D eigenvalue weighted by molar-refractivity contribution is 5.95. The van der Waals surface area contributed by atoms with Crippen molar-refractivity contribution in [2.24, 2.45) is 5.41 Å². The van der Waals surface area contributed by atoms with E-state index in [2.05, 4.69) is 26.2 Å². The second-order valence-corrected chi connectivity index (χ2v) is 5.50. The van der Waals surface area contributed by atoms with Crippen molar-refractivity contribution in [2.45, 2.75) is 33.2 Å². The Labute approximate surface area is 101 Å². The Hall–Kier alpha value is -1.55. The van der Waals surface area contributed by atoms with Crippen LogP contribution >= 0.6 is 0 Å². The molecular weight excluding hydrogens is 216 g/mol.